The number of carbonyl (C=O) groups is 1. The van der Waals surface area contributed by atoms with E-state index in [0.717, 1.165) is 19.3 Å². The molecule has 0 aromatic carbocycles. The van der Waals surface area contributed by atoms with Gasteiger partial charge >= 0.3 is 0 Å². The Kier molecular flexibility index (Phi) is 5.92. The first kappa shape index (κ1) is 14.5. The van der Waals surface area contributed by atoms with Crippen LogP contribution in [0.1, 0.15) is 33.1 Å². The summed E-state index contributed by atoms with van der Waals surface area (Å²) in [6.45, 7) is 6.11. The van der Waals surface area contributed by atoms with Crippen LogP contribution in [0, 0.1) is 11.8 Å². The number of rotatable bonds is 5. The molecule has 2 N–H and O–H groups in total. The molecule has 0 bridgehead atoms. The third-order valence-electron chi connectivity index (χ3n) is 3.68. The van der Waals surface area contributed by atoms with Crippen LogP contribution in [-0.2, 0) is 9.53 Å². The fraction of sp³-hybridized carbons (Fsp3) is 0.923. The van der Waals surface area contributed by atoms with Gasteiger partial charge in [0, 0.05) is 32.2 Å². The van der Waals surface area contributed by atoms with Gasteiger partial charge in [-0.15, -0.1) is 0 Å². The lowest BCUT2D eigenvalue weighted by Crippen LogP contribution is -2.42. The maximum Gasteiger partial charge on any atom is 0.225 e. The molecule has 0 saturated heterocycles. The van der Waals surface area contributed by atoms with Gasteiger partial charge < -0.3 is 15.4 Å². The molecule has 0 aliphatic heterocycles. The molecule has 1 amide bonds. The number of hydrogen-bond donors (Lipinski definition) is 1. The van der Waals surface area contributed by atoms with Gasteiger partial charge in [0.25, 0.3) is 0 Å². The van der Waals surface area contributed by atoms with E-state index in [1.54, 1.807) is 4.90 Å². The van der Waals surface area contributed by atoms with Crippen molar-refractivity contribution in [2.24, 2.45) is 17.6 Å². The summed E-state index contributed by atoms with van der Waals surface area (Å²) in [7, 11) is 1.86. The lowest BCUT2D eigenvalue weighted by atomic mass is 9.77. The van der Waals surface area contributed by atoms with Crippen molar-refractivity contribution in [2.75, 3.05) is 26.8 Å². The maximum atomic E-state index is 12.2. The molecule has 100 valence electrons. The van der Waals surface area contributed by atoms with Crippen molar-refractivity contribution in [3.63, 3.8) is 0 Å². The standard InChI is InChI=1S/C13H26N2O2/c1-4-17-8-7-15(3)13(16)12-6-5-11(14)9-10(12)2/h10-12H,4-9,14H2,1-3H3. The predicted molar refractivity (Wildman–Crippen MR) is 68.6 cm³/mol. The predicted octanol–water partition coefficient (Wildman–Crippen LogP) is 1.24. The van der Waals surface area contributed by atoms with E-state index in [-0.39, 0.29) is 17.9 Å². The molecule has 0 aromatic heterocycles. The van der Waals surface area contributed by atoms with Crippen molar-refractivity contribution in [1.29, 1.82) is 0 Å². The second-order valence-corrected chi connectivity index (χ2v) is 5.11. The van der Waals surface area contributed by atoms with Crippen LogP contribution in [0.5, 0.6) is 0 Å². The lowest BCUT2D eigenvalue weighted by molar-refractivity contribution is -0.137. The summed E-state index contributed by atoms with van der Waals surface area (Å²) in [5.74, 6) is 0.811. The van der Waals surface area contributed by atoms with Crippen LogP contribution in [0.2, 0.25) is 0 Å². The second kappa shape index (κ2) is 6.97. The highest BCUT2D eigenvalue weighted by molar-refractivity contribution is 5.79. The molecule has 0 heterocycles. The highest BCUT2D eigenvalue weighted by atomic mass is 16.5. The average molecular weight is 242 g/mol. The number of nitrogens with two attached hydrogens (primary N) is 1. The van der Waals surface area contributed by atoms with Gasteiger partial charge in [-0.25, -0.2) is 0 Å². The summed E-state index contributed by atoms with van der Waals surface area (Å²) in [5.41, 5.74) is 5.92. The Morgan fingerprint density at radius 2 is 2.18 bits per heavy atom. The molecular weight excluding hydrogens is 216 g/mol. The third kappa shape index (κ3) is 4.28. The van der Waals surface area contributed by atoms with Crippen molar-refractivity contribution < 1.29 is 9.53 Å². The Hall–Kier alpha value is -0.610. The van der Waals surface area contributed by atoms with E-state index in [2.05, 4.69) is 6.92 Å². The van der Waals surface area contributed by atoms with Crippen molar-refractivity contribution >= 4 is 5.91 Å². The Balaban J connectivity index is 2.40. The van der Waals surface area contributed by atoms with Crippen molar-refractivity contribution in [3.05, 3.63) is 0 Å². The fourth-order valence-corrected chi connectivity index (χ4v) is 2.54. The van der Waals surface area contributed by atoms with Gasteiger partial charge in [-0.1, -0.05) is 6.92 Å². The molecular formula is C13H26N2O2. The summed E-state index contributed by atoms with van der Waals surface area (Å²) in [5, 5.41) is 0. The Labute approximate surface area is 104 Å². The SMILES string of the molecule is CCOCCN(C)C(=O)C1CCC(N)CC1C. The number of nitrogens with zero attached hydrogens (tertiary/aromatic N) is 1. The largest absolute Gasteiger partial charge is 0.380 e. The molecule has 1 aliphatic rings. The van der Waals surface area contributed by atoms with E-state index in [1.807, 2.05) is 14.0 Å². The van der Waals surface area contributed by atoms with Gasteiger partial charge in [-0.3, -0.25) is 4.79 Å². The van der Waals surface area contributed by atoms with Crippen molar-refractivity contribution in [3.8, 4) is 0 Å². The molecule has 1 fully saturated rings. The van der Waals surface area contributed by atoms with Crippen LogP contribution < -0.4 is 5.73 Å². The van der Waals surface area contributed by atoms with E-state index >= 15 is 0 Å². The zero-order valence-electron chi connectivity index (χ0n) is 11.3. The Morgan fingerprint density at radius 3 is 2.76 bits per heavy atom. The van der Waals surface area contributed by atoms with Crippen molar-refractivity contribution in [1.82, 2.24) is 4.90 Å². The molecule has 0 aromatic rings. The fourth-order valence-electron chi connectivity index (χ4n) is 2.54. The van der Waals surface area contributed by atoms with Gasteiger partial charge in [-0.05, 0) is 32.1 Å². The van der Waals surface area contributed by atoms with E-state index in [4.69, 9.17) is 10.5 Å². The normalized spacial score (nSPS) is 29.1. The molecule has 3 unspecified atom stereocenters. The summed E-state index contributed by atoms with van der Waals surface area (Å²) in [6.07, 6.45) is 2.87. The number of amides is 1. The number of carbonyl (C=O) groups excluding carboxylic acids is 1. The van der Waals surface area contributed by atoms with Crippen molar-refractivity contribution in [2.45, 2.75) is 39.2 Å². The molecule has 3 atom stereocenters. The van der Waals surface area contributed by atoms with E-state index in [9.17, 15) is 4.79 Å². The zero-order valence-corrected chi connectivity index (χ0v) is 11.3. The molecule has 0 spiro atoms. The maximum absolute atomic E-state index is 12.2. The first-order valence-electron chi connectivity index (χ1n) is 6.64. The number of ether oxygens (including phenoxy) is 1. The molecule has 1 saturated carbocycles. The highest BCUT2D eigenvalue weighted by Gasteiger charge is 2.32. The minimum atomic E-state index is 0.154. The summed E-state index contributed by atoms with van der Waals surface area (Å²) in [6, 6.07) is 0.280. The van der Waals surface area contributed by atoms with Crippen LogP contribution in [0.25, 0.3) is 0 Å². The van der Waals surface area contributed by atoms with E-state index < -0.39 is 0 Å². The quantitative estimate of drug-likeness (QED) is 0.738. The smallest absolute Gasteiger partial charge is 0.225 e. The summed E-state index contributed by atoms with van der Waals surface area (Å²) >= 11 is 0. The first-order chi connectivity index (χ1) is 8.06. The Bertz CT molecular complexity index is 246. The van der Waals surface area contributed by atoms with Crippen LogP contribution in [-0.4, -0.2) is 43.7 Å². The summed E-state index contributed by atoms with van der Waals surface area (Å²) < 4.78 is 5.27. The van der Waals surface area contributed by atoms with Gasteiger partial charge in [0.05, 0.1) is 6.61 Å². The van der Waals surface area contributed by atoms with Crippen LogP contribution in [0.15, 0.2) is 0 Å². The minimum absolute atomic E-state index is 0.154. The highest BCUT2D eigenvalue weighted by Crippen LogP contribution is 2.30. The van der Waals surface area contributed by atoms with E-state index in [0.29, 0.717) is 25.7 Å². The van der Waals surface area contributed by atoms with Gasteiger partial charge in [0.1, 0.15) is 0 Å². The van der Waals surface area contributed by atoms with Crippen LogP contribution in [0.3, 0.4) is 0 Å². The topological polar surface area (TPSA) is 55.6 Å². The minimum Gasteiger partial charge on any atom is -0.380 e. The van der Waals surface area contributed by atoms with Gasteiger partial charge in [-0.2, -0.15) is 0 Å². The number of likely N-dealkylation sites (N-methyl/N-ethyl adjacent to an activating group) is 1. The summed E-state index contributed by atoms with van der Waals surface area (Å²) in [4.78, 5) is 14.0. The average Bonchev–Trinajstić information content (AvgIpc) is 2.28. The van der Waals surface area contributed by atoms with Gasteiger partial charge in [0.2, 0.25) is 5.91 Å². The third-order valence-corrected chi connectivity index (χ3v) is 3.68. The van der Waals surface area contributed by atoms with Crippen LogP contribution in [0.4, 0.5) is 0 Å². The first-order valence-corrected chi connectivity index (χ1v) is 6.64. The number of hydrogen-bond acceptors (Lipinski definition) is 3. The lowest BCUT2D eigenvalue weighted by Gasteiger charge is -2.34. The monoisotopic (exact) mass is 242 g/mol. The molecule has 4 nitrogen and oxygen atoms in total. The van der Waals surface area contributed by atoms with Gasteiger partial charge in [0.15, 0.2) is 0 Å². The second-order valence-electron chi connectivity index (χ2n) is 5.11. The molecule has 4 heteroatoms. The molecule has 0 radical (unpaired) electrons. The molecule has 1 rings (SSSR count). The van der Waals surface area contributed by atoms with Crippen LogP contribution >= 0.6 is 0 Å². The molecule has 17 heavy (non-hydrogen) atoms. The Morgan fingerprint density at radius 1 is 1.47 bits per heavy atom. The molecule has 1 aliphatic carbocycles. The van der Waals surface area contributed by atoms with E-state index in [1.165, 1.54) is 0 Å². The zero-order chi connectivity index (χ0) is 12.8.